The number of ether oxygens (including phenoxy) is 1. The van der Waals surface area contributed by atoms with Crippen molar-refractivity contribution >= 4 is 17.7 Å². The zero-order chi connectivity index (χ0) is 15.8. The topological polar surface area (TPSA) is 38.3 Å². The van der Waals surface area contributed by atoms with Crippen LogP contribution in [0.15, 0.2) is 60.2 Å². The van der Waals surface area contributed by atoms with Crippen LogP contribution < -0.4 is 5.32 Å². The Morgan fingerprint density at radius 2 is 1.77 bits per heavy atom. The van der Waals surface area contributed by atoms with Crippen molar-refractivity contribution in [2.75, 3.05) is 19.0 Å². The fourth-order valence-electron chi connectivity index (χ4n) is 2.13. The molecule has 0 aliphatic rings. The van der Waals surface area contributed by atoms with E-state index in [1.807, 2.05) is 67.6 Å². The van der Waals surface area contributed by atoms with E-state index in [1.54, 1.807) is 0 Å². The highest BCUT2D eigenvalue weighted by atomic mass is 16.5. The van der Waals surface area contributed by atoms with Crippen LogP contribution in [-0.2, 0) is 9.53 Å². The second-order valence-corrected chi connectivity index (χ2v) is 5.11. The van der Waals surface area contributed by atoms with Crippen molar-refractivity contribution in [3.63, 3.8) is 0 Å². The first kappa shape index (κ1) is 15.8. The van der Waals surface area contributed by atoms with Crippen molar-refractivity contribution in [2.24, 2.45) is 0 Å². The first-order chi connectivity index (χ1) is 10.7. The van der Waals surface area contributed by atoms with Crippen LogP contribution in [0.4, 0.5) is 5.69 Å². The van der Waals surface area contributed by atoms with Crippen molar-refractivity contribution in [2.45, 2.75) is 13.3 Å². The Kier molecular flexibility index (Phi) is 5.78. The van der Waals surface area contributed by atoms with E-state index >= 15 is 0 Å². The molecule has 0 aliphatic carbocycles. The number of hydrogen-bond donors (Lipinski definition) is 1. The van der Waals surface area contributed by atoms with E-state index in [1.165, 1.54) is 12.7 Å². The van der Waals surface area contributed by atoms with E-state index < -0.39 is 0 Å². The summed E-state index contributed by atoms with van der Waals surface area (Å²) in [5, 5.41) is 3.30. The highest BCUT2D eigenvalue weighted by Crippen LogP contribution is 2.13. The van der Waals surface area contributed by atoms with E-state index in [0.717, 1.165) is 11.3 Å². The van der Waals surface area contributed by atoms with Gasteiger partial charge in [-0.2, -0.15) is 0 Å². The average molecular weight is 295 g/mol. The van der Waals surface area contributed by atoms with Gasteiger partial charge in [-0.15, -0.1) is 0 Å². The third-order valence-corrected chi connectivity index (χ3v) is 3.36. The molecular formula is C19H21NO2. The molecular weight excluding hydrogens is 274 g/mol. The van der Waals surface area contributed by atoms with E-state index in [9.17, 15) is 4.79 Å². The van der Waals surface area contributed by atoms with Gasteiger partial charge in [0.25, 0.3) is 0 Å². The molecule has 0 atom stereocenters. The average Bonchev–Trinajstić information content (AvgIpc) is 2.56. The third-order valence-electron chi connectivity index (χ3n) is 3.36. The second-order valence-electron chi connectivity index (χ2n) is 5.11. The van der Waals surface area contributed by atoms with Crippen LogP contribution in [0, 0.1) is 6.92 Å². The molecule has 0 saturated heterocycles. The normalized spacial score (nSPS) is 11.1. The maximum atomic E-state index is 11.9. The molecule has 2 aromatic rings. The minimum Gasteiger partial charge on any atom is -0.466 e. The molecule has 0 aromatic heterocycles. The maximum Gasteiger partial charge on any atom is 0.333 e. The minimum atomic E-state index is -0.282. The van der Waals surface area contributed by atoms with E-state index in [2.05, 4.69) is 5.32 Å². The van der Waals surface area contributed by atoms with Gasteiger partial charge in [0.15, 0.2) is 0 Å². The van der Waals surface area contributed by atoms with Crippen molar-refractivity contribution in [1.82, 2.24) is 0 Å². The molecule has 2 rings (SSSR count). The monoisotopic (exact) mass is 295 g/mol. The summed E-state index contributed by atoms with van der Waals surface area (Å²) >= 11 is 0. The predicted molar refractivity (Wildman–Crippen MR) is 90.7 cm³/mol. The van der Waals surface area contributed by atoms with Gasteiger partial charge in [-0.25, -0.2) is 4.79 Å². The van der Waals surface area contributed by atoms with Gasteiger partial charge in [0, 0.05) is 17.8 Å². The van der Waals surface area contributed by atoms with Crippen LogP contribution >= 0.6 is 0 Å². The van der Waals surface area contributed by atoms with Gasteiger partial charge in [-0.05, 0) is 37.1 Å². The minimum absolute atomic E-state index is 0.282. The number of benzene rings is 2. The number of aryl methyl sites for hydroxylation is 1. The lowest BCUT2D eigenvalue weighted by molar-refractivity contribution is -0.136. The van der Waals surface area contributed by atoms with Crippen LogP contribution in [0.2, 0.25) is 0 Å². The molecule has 0 radical (unpaired) electrons. The van der Waals surface area contributed by atoms with Crippen LogP contribution in [0.1, 0.15) is 17.5 Å². The van der Waals surface area contributed by atoms with Gasteiger partial charge in [0.05, 0.1) is 7.11 Å². The summed E-state index contributed by atoms with van der Waals surface area (Å²) in [7, 11) is 1.41. The molecule has 114 valence electrons. The standard InChI is InChI=1S/C19H21NO2/c1-15-8-10-16(11-9-15)14-17(19(21)22-2)12-13-20-18-6-4-3-5-7-18/h3-11,14,20H,12-13H2,1-2H3/b17-14+. The first-order valence-corrected chi connectivity index (χ1v) is 7.33. The third kappa shape index (κ3) is 4.77. The lowest BCUT2D eigenvalue weighted by Crippen LogP contribution is -2.10. The van der Waals surface area contributed by atoms with Crippen molar-refractivity contribution in [3.8, 4) is 0 Å². The van der Waals surface area contributed by atoms with Gasteiger partial charge < -0.3 is 10.1 Å². The molecule has 0 aliphatic heterocycles. The molecule has 0 saturated carbocycles. The maximum absolute atomic E-state index is 11.9. The first-order valence-electron chi connectivity index (χ1n) is 7.33. The van der Waals surface area contributed by atoms with E-state index in [-0.39, 0.29) is 5.97 Å². The number of carbonyl (C=O) groups excluding carboxylic acids is 1. The number of methoxy groups -OCH3 is 1. The van der Waals surface area contributed by atoms with Crippen molar-refractivity contribution in [1.29, 1.82) is 0 Å². The summed E-state index contributed by atoms with van der Waals surface area (Å²) in [5.41, 5.74) is 3.91. The molecule has 2 aromatic carbocycles. The zero-order valence-corrected chi connectivity index (χ0v) is 13.0. The number of hydrogen-bond acceptors (Lipinski definition) is 3. The highest BCUT2D eigenvalue weighted by molar-refractivity contribution is 5.93. The molecule has 3 nitrogen and oxygen atoms in total. The zero-order valence-electron chi connectivity index (χ0n) is 13.0. The fourth-order valence-corrected chi connectivity index (χ4v) is 2.13. The Labute approximate surface area is 131 Å². The molecule has 0 spiro atoms. The Morgan fingerprint density at radius 3 is 2.41 bits per heavy atom. The van der Waals surface area contributed by atoms with Crippen LogP contribution in [0.5, 0.6) is 0 Å². The van der Waals surface area contributed by atoms with Gasteiger partial charge in [-0.1, -0.05) is 48.0 Å². The number of carbonyl (C=O) groups is 1. The molecule has 1 N–H and O–H groups in total. The molecule has 0 fully saturated rings. The summed E-state index contributed by atoms with van der Waals surface area (Å²) in [6.45, 7) is 2.72. The quantitative estimate of drug-likeness (QED) is 0.645. The second kappa shape index (κ2) is 8.03. The van der Waals surface area contributed by atoms with Gasteiger partial charge in [0.2, 0.25) is 0 Å². The molecule has 0 amide bonds. The summed E-state index contributed by atoms with van der Waals surface area (Å²) in [4.78, 5) is 11.9. The molecule has 0 unspecified atom stereocenters. The Bertz CT molecular complexity index is 630. The van der Waals surface area contributed by atoms with Crippen molar-refractivity contribution in [3.05, 3.63) is 71.3 Å². The molecule has 0 bridgehead atoms. The highest BCUT2D eigenvalue weighted by Gasteiger charge is 2.09. The summed E-state index contributed by atoms with van der Waals surface area (Å²) in [5.74, 6) is -0.282. The van der Waals surface area contributed by atoms with E-state index in [0.29, 0.717) is 18.5 Å². The van der Waals surface area contributed by atoms with E-state index in [4.69, 9.17) is 4.74 Å². The van der Waals surface area contributed by atoms with Gasteiger partial charge >= 0.3 is 5.97 Å². The summed E-state index contributed by atoms with van der Waals surface area (Å²) < 4.78 is 4.88. The molecule has 0 heterocycles. The largest absolute Gasteiger partial charge is 0.466 e. The SMILES string of the molecule is COC(=O)/C(=C/c1ccc(C)cc1)CCNc1ccccc1. The summed E-state index contributed by atoms with van der Waals surface area (Å²) in [6, 6.07) is 18.0. The molecule has 22 heavy (non-hydrogen) atoms. The van der Waals surface area contributed by atoms with Gasteiger partial charge in [0.1, 0.15) is 0 Å². The van der Waals surface area contributed by atoms with Crippen LogP contribution in [0.25, 0.3) is 6.08 Å². The summed E-state index contributed by atoms with van der Waals surface area (Å²) in [6.07, 6.45) is 2.49. The lowest BCUT2D eigenvalue weighted by Gasteiger charge is -2.08. The smallest absolute Gasteiger partial charge is 0.333 e. The Balaban J connectivity index is 2.03. The van der Waals surface area contributed by atoms with Crippen LogP contribution in [-0.4, -0.2) is 19.6 Å². The fraction of sp³-hybridized carbons (Fsp3) is 0.211. The Morgan fingerprint density at radius 1 is 1.09 bits per heavy atom. The number of anilines is 1. The number of esters is 1. The van der Waals surface area contributed by atoms with Crippen LogP contribution in [0.3, 0.4) is 0 Å². The van der Waals surface area contributed by atoms with Crippen molar-refractivity contribution < 1.29 is 9.53 Å². The number of rotatable bonds is 6. The number of nitrogens with one attached hydrogen (secondary N) is 1. The predicted octanol–water partition coefficient (Wildman–Crippen LogP) is 4.05. The van der Waals surface area contributed by atoms with Gasteiger partial charge in [-0.3, -0.25) is 0 Å². The lowest BCUT2D eigenvalue weighted by atomic mass is 10.1. The molecule has 3 heteroatoms. The number of para-hydroxylation sites is 1. The Hall–Kier alpha value is -2.55.